The number of carbonyl (C=O) groups is 3. The van der Waals surface area contributed by atoms with Gasteiger partial charge < -0.3 is 21.7 Å². The molecule has 2 rings (SSSR count). The topological polar surface area (TPSA) is 113 Å². The SMILES string of the molecule is CC(=O)NCc1ccc(C(=O)Nc2cccc(NC(N)=O)c2)cc1. The highest BCUT2D eigenvalue weighted by Gasteiger charge is 2.07. The van der Waals surface area contributed by atoms with Gasteiger partial charge in [0.05, 0.1) is 0 Å². The number of primary amides is 1. The van der Waals surface area contributed by atoms with Gasteiger partial charge in [0, 0.05) is 30.4 Å². The standard InChI is InChI=1S/C17H18N4O3/c1-11(22)19-10-12-5-7-13(8-6-12)16(23)20-14-3-2-4-15(9-14)21-17(18)24/h2-9H,10H2,1H3,(H,19,22)(H,20,23)(H3,18,21,24). The fraction of sp³-hybridized carbons (Fsp3) is 0.118. The molecule has 7 heteroatoms. The molecule has 0 fully saturated rings. The average molecular weight is 326 g/mol. The summed E-state index contributed by atoms with van der Waals surface area (Å²) in [5.74, 6) is -0.390. The lowest BCUT2D eigenvalue weighted by molar-refractivity contribution is -0.119. The summed E-state index contributed by atoms with van der Waals surface area (Å²) in [5.41, 5.74) is 7.47. The van der Waals surface area contributed by atoms with Crippen LogP contribution in [0.4, 0.5) is 16.2 Å². The van der Waals surface area contributed by atoms with Crippen LogP contribution in [-0.4, -0.2) is 17.8 Å². The third kappa shape index (κ3) is 5.13. The Kier molecular flexibility index (Phi) is 5.51. The van der Waals surface area contributed by atoms with Crippen LogP contribution >= 0.6 is 0 Å². The summed E-state index contributed by atoms with van der Waals surface area (Å²) < 4.78 is 0. The van der Waals surface area contributed by atoms with Crippen LogP contribution in [0.2, 0.25) is 0 Å². The van der Waals surface area contributed by atoms with Crippen LogP contribution in [0.15, 0.2) is 48.5 Å². The van der Waals surface area contributed by atoms with Gasteiger partial charge in [-0.15, -0.1) is 0 Å². The van der Waals surface area contributed by atoms with Gasteiger partial charge in [-0.05, 0) is 35.9 Å². The summed E-state index contributed by atoms with van der Waals surface area (Å²) in [4.78, 5) is 34.0. The summed E-state index contributed by atoms with van der Waals surface area (Å²) in [7, 11) is 0. The Balaban J connectivity index is 2.01. The lowest BCUT2D eigenvalue weighted by atomic mass is 10.1. The van der Waals surface area contributed by atoms with Crippen LogP contribution in [-0.2, 0) is 11.3 Å². The summed E-state index contributed by atoms with van der Waals surface area (Å²) in [6.07, 6.45) is 0. The molecule has 0 heterocycles. The first-order valence-electron chi connectivity index (χ1n) is 7.25. The Morgan fingerprint density at radius 3 is 2.17 bits per heavy atom. The van der Waals surface area contributed by atoms with Gasteiger partial charge in [-0.3, -0.25) is 9.59 Å². The van der Waals surface area contributed by atoms with Gasteiger partial charge in [-0.2, -0.15) is 0 Å². The third-order valence-corrected chi connectivity index (χ3v) is 3.15. The molecule has 0 radical (unpaired) electrons. The summed E-state index contributed by atoms with van der Waals surface area (Å²) in [6.45, 7) is 1.86. The third-order valence-electron chi connectivity index (χ3n) is 3.15. The van der Waals surface area contributed by atoms with Gasteiger partial charge in [-0.25, -0.2) is 4.79 Å². The van der Waals surface area contributed by atoms with Crippen LogP contribution in [0.25, 0.3) is 0 Å². The van der Waals surface area contributed by atoms with E-state index in [9.17, 15) is 14.4 Å². The number of benzene rings is 2. The van der Waals surface area contributed by atoms with Gasteiger partial charge in [0.15, 0.2) is 0 Å². The number of amides is 4. The number of nitrogens with two attached hydrogens (primary N) is 1. The Labute approximate surface area is 139 Å². The zero-order valence-electron chi connectivity index (χ0n) is 13.1. The van der Waals surface area contributed by atoms with Crippen molar-refractivity contribution in [3.8, 4) is 0 Å². The molecule has 0 spiro atoms. The molecule has 0 atom stereocenters. The minimum atomic E-state index is -0.673. The summed E-state index contributed by atoms with van der Waals surface area (Å²) in [6, 6.07) is 12.9. The molecule has 0 aliphatic rings. The number of anilines is 2. The lowest BCUT2D eigenvalue weighted by Crippen LogP contribution is -2.19. The minimum absolute atomic E-state index is 0.110. The predicted octanol–water partition coefficient (Wildman–Crippen LogP) is 2.07. The smallest absolute Gasteiger partial charge is 0.316 e. The van der Waals surface area contributed by atoms with Crippen LogP contribution < -0.4 is 21.7 Å². The van der Waals surface area contributed by atoms with Crippen molar-refractivity contribution >= 4 is 29.2 Å². The number of hydrogen-bond donors (Lipinski definition) is 4. The first kappa shape index (κ1) is 17.0. The van der Waals surface area contributed by atoms with E-state index in [1.165, 1.54) is 6.92 Å². The molecule has 0 aromatic heterocycles. The second-order valence-corrected chi connectivity index (χ2v) is 5.13. The van der Waals surface area contributed by atoms with E-state index in [0.29, 0.717) is 23.5 Å². The van der Waals surface area contributed by atoms with Crippen molar-refractivity contribution < 1.29 is 14.4 Å². The van der Waals surface area contributed by atoms with E-state index in [1.54, 1.807) is 48.5 Å². The Morgan fingerprint density at radius 2 is 1.58 bits per heavy atom. The molecule has 2 aromatic rings. The second-order valence-electron chi connectivity index (χ2n) is 5.13. The number of hydrogen-bond acceptors (Lipinski definition) is 3. The van der Waals surface area contributed by atoms with E-state index in [4.69, 9.17) is 5.73 Å². The van der Waals surface area contributed by atoms with Crippen LogP contribution in [0.3, 0.4) is 0 Å². The Morgan fingerprint density at radius 1 is 0.958 bits per heavy atom. The second kappa shape index (κ2) is 7.77. The zero-order chi connectivity index (χ0) is 17.5. The van der Waals surface area contributed by atoms with E-state index < -0.39 is 6.03 Å². The van der Waals surface area contributed by atoms with Crippen molar-refractivity contribution in [2.24, 2.45) is 5.73 Å². The molecular weight excluding hydrogens is 308 g/mol. The molecule has 4 amide bonds. The average Bonchev–Trinajstić information content (AvgIpc) is 2.53. The number of rotatable bonds is 5. The molecule has 0 saturated heterocycles. The quantitative estimate of drug-likeness (QED) is 0.674. The molecule has 124 valence electrons. The van der Waals surface area contributed by atoms with E-state index in [-0.39, 0.29) is 11.8 Å². The van der Waals surface area contributed by atoms with Crippen molar-refractivity contribution in [2.75, 3.05) is 10.6 Å². The largest absolute Gasteiger partial charge is 0.352 e. The van der Waals surface area contributed by atoms with Crippen LogP contribution in [0.1, 0.15) is 22.8 Å². The fourth-order valence-corrected chi connectivity index (χ4v) is 2.02. The normalized spacial score (nSPS) is 9.88. The molecule has 0 aliphatic carbocycles. The number of carbonyl (C=O) groups excluding carboxylic acids is 3. The van der Waals surface area contributed by atoms with Crippen molar-refractivity contribution in [3.05, 3.63) is 59.7 Å². The van der Waals surface area contributed by atoms with Crippen LogP contribution in [0, 0.1) is 0 Å². The number of urea groups is 1. The van der Waals surface area contributed by atoms with Crippen molar-refractivity contribution in [3.63, 3.8) is 0 Å². The predicted molar refractivity (Wildman–Crippen MR) is 91.6 cm³/mol. The summed E-state index contributed by atoms with van der Waals surface area (Å²) >= 11 is 0. The van der Waals surface area contributed by atoms with Gasteiger partial charge in [0.1, 0.15) is 0 Å². The fourth-order valence-electron chi connectivity index (χ4n) is 2.02. The van der Waals surface area contributed by atoms with Gasteiger partial charge in [0.25, 0.3) is 5.91 Å². The molecule has 0 bridgehead atoms. The highest BCUT2D eigenvalue weighted by molar-refractivity contribution is 6.04. The molecule has 24 heavy (non-hydrogen) atoms. The monoisotopic (exact) mass is 326 g/mol. The van der Waals surface area contributed by atoms with E-state index in [1.807, 2.05) is 0 Å². The molecule has 0 saturated carbocycles. The molecule has 0 unspecified atom stereocenters. The molecular formula is C17H18N4O3. The molecule has 2 aromatic carbocycles. The molecule has 5 N–H and O–H groups in total. The summed E-state index contributed by atoms with van der Waals surface area (Å²) in [5, 5.41) is 7.87. The van der Waals surface area contributed by atoms with Crippen molar-refractivity contribution in [1.82, 2.24) is 5.32 Å². The maximum Gasteiger partial charge on any atom is 0.316 e. The highest BCUT2D eigenvalue weighted by atomic mass is 16.2. The molecule has 7 nitrogen and oxygen atoms in total. The Hall–Kier alpha value is -3.35. The van der Waals surface area contributed by atoms with Gasteiger partial charge >= 0.3 is 6.03 Å². The first-order chi connectivity index (χ1) is 11.4. The zero-order valence-corrected chi connectivity index (χ0v) is 13.1. The minimum Gasteiger partial charge on any atom is -0.352 e. The first-order valence-corrected chi connectivity index (χ1v) is 7.25. The van der Waals surface area contributed by atoms with E-state index in [0.717, 1.165) is 5.56 Å². The van der Waals surface area contributed by atoms with E-state index >= 15 is 0 Å². The van der Waals surface area contributed by atoms with Gasteiger partial charge in [0.2, 0.25) is 5.91 Å². The van der Waals surface area contributed by atoms with Crippen molar-refractivity contribution in [1.29, 1.82) is 0 Å². The highest BCUT2D eigenvalue weighted by Crippen LogP contribution is 2.16. The van der Waals surface area contributed by atoms with Crippen LogP contribution in [0.5, 0.6) is 0 Å². The maximum absolute atomic E-state index is 12.2. The Bertz CT molecular complexity index is 757. The van der Waals surface area contributed by atoms with E-state index in [2.05, 4.69) is 16.0 Å². The maximum atomic E-state index is 12.2. The molecule has 0 aliphatic heterocycles. The van der Waals surface area contributed by atoms with Gasteiger partial charge in [-0.1, -0.05) is 18.2 Å². The lowest BCUT2D eigenvalue weighted by Gasteiger charge is -2.08. The van der Waals surface area contributed by atoms with Crippen molar-refractivity contribution in [2.45, 2.75) is 13.5 Å². The number of nitrogens with one attached hydrogen (secondary N) is 3.